The number of carbonyl (C=O) groups is 1. The highest BCUT2D eigenvalue weighted by molar-refractivity contribution is 6.30. The van der Waals surface area contributed by atoms with E-state index in [0.717, 1.165) is 42.7 Å². The Morgan fingerprint density at radius 2 is 1.97 bits per heavy atom. The van der Waals surface area contributed by atoms with Crippen molar-refractivity contribution in [2.45, 2.75) is 26.3 Å². The van der Waals surface area contributed by atoms with Crippen molar-refractivity contribution < 1.29 is 9.32 Å². The largest absolute Gasteiger partial charge is 0.338 e. The maximum absolute atomic E-state index is 12.6. The SMILES string of the molecule is Cc1cc(Cl)ccc1NC(=O)C1CCN(Cc2nc(-c3ccccc3)no2)CC1. The Labute approximate surface area is 174 Å². The third kappa shape index (κ3) is 4.83. The van der Waals surface area contributed by atoms with Crippen molar-refractivity contribution in [2.24, 2.45) is 5.92 Å². The highest BCUT2D eigenvalue weighted by atomic mass is 35.5. The van der Waals surface area contributed by atoms with Crippen LogP contribution in [0.25, 0.3) is 11.4 Å². The molecule has 6 nitrogen and oxygen atoms in total. The molecule has 0 spiro atoms. The molecule has 1 saturated heterocycles. The van der Waals surface area contributed by atoms with Gasteiger partial charge in [0.15, 0.2) is 0 Å². The minimum Gasteiger partial charge on any atom is -0.338 e. The van der Waals surface area contributed by atoms with Gasteiger partial charge in [0.05, 0.1) is 6.54 Å². The number of amides is 1. The first-order chi connectivity index (χ1) is 14.1. The molecule has 1 N–H and O–H groups in total. The van der Waals surface area contributed by atoms with E-state index in [1.165, 1.54) is 0 Å². The quantitative estimate of drug-likeness (QED) is 0.668. The molecule has 4 rings (SSSR count). The molecule has 150 valence electrons. The molecular weight excluding hydrogens is 388 g/mol. The number of anilines is 1. The predicted molar refractivity (Wildman–Crippen MR) is 113 cm³/mol. The molecule has 0 aliphatic carbocycles. The lowest BCUT2D eigenvalue weighted by Gasteiger charge is -2.30. The molecule has 7 heteroatoms. The molecule has 0 bridgehead atoms. The van der Waals surface area contributed by atoms with Gasteiger partial charge in [0, 0.05) is 22.2 Å². The molecule has 3 aromatic rings. The monoisotopic (exact) mass is 410 g/mol. The van der Waals surface area contributed by atoms with Gasteiger partial charge in [0.1, 0.15) is 0 Å². The lowest BCUT2D eigenvalue weighted by Crippen LogP contribution is -2.37. The van der Waals surface area contributed by atoms with E-state index in [9.17, 15) is 4.79 Å². The van der Waals surface area contributed by atoms with E-state index in [4.69, 9.17) is 16.1 Å². The number of hydrogen-bond acceptors (Lipinski definition) is 5. The lowest BCUT2D eigenvalue weighted by atomic mass is 9.95. The summed E-state index contributed by atoms with van der Waals surface area (Å²) in [7, 11) is 0. The molecule has 0 radical (unpaired) electrons. The second-order valence-electron chi connectivity index (χ2n) is 7.38. The highest BCUT2D eigenvalue weighted by Crippen LogP contribution is 2.24. The van der Waals surface area contributed by atoms with Gasteiger partial charge in [-0.2, -0.15) is 4.98 Å². The predicted octanol–water partition coefficient (Wildman–Crippen LogP) is 4.55. The maximum Gasteiger partial charge on any atom is 0.241 e. The number of nitrogens with zero attached hydrogens (tertiary/aromatic N) is 3. The second kappa shape index (κ2) is 8.76. The summed E-state index contributed by atoms with van der Waals surface area (Å²) >= 11 is 5.99. The van der Waals surface area contributed by atoms with Crippen LogP contribution in [-0.2, 0) is 11.3 Å². The highest BCUT2D eigenvalue weighted by Gasteiger charge is 2.26. The Morgan fingerprint density at radius 3 is 2.69 bits per heavy atom. The Morgan fingerprint density at radius 1 is 1.21 bits per heavy atom. The fourth-order valence-electron chi connectivity index (χ4n) is 3.57. The van der Waals surface area contributed by atoms with Crippen molar-refractivity contribution in [2.75, 3.05) is 18.4 Å². The van der Waals surface area contributed by atoms with Crippen molar-refractivity contribution in [1.29, 1.82) is 0 Å². The summed E-state index contributed by atoms with van der Waals surface area (Å²) in [6.07, 6.45) is 1.61. The maximum atomic E-state index is 12.6. The molecule has 2 heterocycles. The number of aromatic nitrogens is 2. The van der Waals surface area contributed by atoms with Crippen molar-refractivity contribution in [3.63, 3.8) is 0 Å². The fraction of sp³-hybridized carbons (Fsp3) is 0.318. The van der Waals surface area contributed by atoms with Gasteiger partial charge in [-0.1, -0.05) is 47.1 Å². The van der Waals surface area contributed by atoms with Crippen LogP contribution in [0.5, 0.6) is 0 Å². The third-order valence-electron chi connectivity index (χ3n) is 5.26. The molecule has 1 aliphatic heterocycles. The fourth-order valence-corrected chi connectivity index (χ4v) is 3.80. The average molecular weight is 411 g/mol. The first-order valence-corrected chi connectivity index (χ1v) is 10.1. The molecule has 1 amide bonds. The standard InChI is InChI=1S/C22H23ClN4O2/c1-15-13-18(23)7-8-19(15)24-22(28)17-9-11-27(12-10-17)14-20-25-21(26-29-20)16-5-3-2-4-6-16/h2-8,13,17H,9-12,14H2,1H3,(H,24,28). The van der Waals surface area contributed by atoms with Crippen LogP contribution < -0.4 is 5.32 Å². The second-order valence-corrected chi connectivity index (χ2v) is 7.81. The van der Waals surface area contributed by atoms with Crippen molar-refractivity contribution >= 4 is 23.2 Å². The van der Waals surface area contributed by atoms with E-state index in [0.29, 0.717) is 23.3 Å². The molecule has 0 atom stereocenters. The van der Waals surface area contributed by atoms with E-state index >= 15 is 0 Å². The van der Waals surface area contributed by atoms with E-state index in [-0.39, 0.29) is 11.8 Å². The van der Waals surface area contributed by atoms with Crippen LogP contribution in [0.3, 0.4) is 0 Å². The zero-order valence-corrected chi connectivity index (χ0v) is 17.0. The van der Waals surface area contributed by atoms with E-state index in [2.05, 4.69) is 20.4 Å². The number of carbonyl (C=O) groups excluding carboxylic acids is 1. The van der Waals surface area contributed by atoms with Crippen LogP contribution in [0.1, 0.15) is 24.3 Å². The Hall–Kier alpha value is -2.70. The van der Waals surface area contributed by atoms with Crippen molar-refractivity contribution in [3.8, 4) is 11.4 Å². The van der Waals surface area contributed by atoms with Crippen LogP contribution in [-0.4, -0.2) is 34.0 Å². The Kier molecular flexibility index (Phi) is 5.92. The minimum absolute atomic E-state index is 0.00360. The molecule has 0 unspecified atom stereocenters. The van der Waals surface area contributed by atoms with Crippen LogP contribution >= 0.6 is 11.6 Å². The van der Waals surface area contributed by atoms with Gasteiger partial charge < -0.3 is 9.84 Å². The number of nitrogens with one attached hydrogen (secondary N) is 1. The summed E-state index contributed by atoms with van der Waals surface area (Å²) in [6, 6.07) is 15.3. The average Bonchev–Trinajstić information content (AvgIpc) is 3.20. The lowest BCUT2D eigenvalue weighted by molar-refractivity contribution is -0.121. The van der Waals surface area contributed by atoms with Gasteiger partial charge in [-0.15, -0.1) is 0 Å². The van der Waals surface area contributed by atoms with E-state index in [1.807, 2.05) is 49.4 Å². The number of hydrogen-bond donors (Lipinski definition) is 1. The molecule has 0 saturated carbocycles. The van der Waals surface area contributed by atoms with Crippen LogP contribution in [0.4, 0.5) is 5.69 Å². The summed E-state index contributed by atoms with van der Waals surface area (Å²) < 4.78 is 5.41. The van der Waals surface area contributed by atoms with Gasteiger partial charge in [-0.05, 0) is 56.6 Å². The Bertz CT molecular complexity index is 981. The Balaban J connectivity index is 1.29. The van der Waals surface area contributed by atoms with Crippen molar-refractivity contribution in [3.05, 3.63) is 65.0 Å². The molecule has 1 aromatic heterocycles. The zero-order valence-electron chi connectivity index (χ0n) is 16.3. The van der Waals surface area contributed by atoms with Crippen LogP contribution in [0.2, 0.25) is 5.02 Å². The summed E-state index contributed by atoms with van der Waals surface area (Å²) in [5, 5.41) is 7.78. The number of piperidine rings is 1. The first-order valence-electron chi connectivity index (χ1n) is 9.76. The number of aryl methyl sites for hydroxylation is 1. The van der Waals surface area contributed by atoms with Crippen LogP contribution in [0, 0.1) is 12.8 Å². The summed E-state index contributed by atoms with van der Waals surface area (Å²) in [6.45, 7) is 4.18. The van der Waals surface area contributed by atoms with Gasteiger partial charge in [0.2, 0.25) is 17.6 Å². The number of halogens is 1. The summed E-state index contributed by atoms with van der Waals surface area (Å²) in [5.74, 6) is 1.28. The normalized spacial score (nSPS) is 15.4. The third-order valence-corrected chi connectivity index (χ3v) is 5.50. The zero-order chi connectivity index (χ0) is 20.2. The number of rotatable bonds is 5. The van der Waals surface area contributed by atoms with Crippen molar-refractivity contribution in [1.82, 2.24) is 15.0 Å². The van der Waals surface area contributed by atoms with E-state index < -0.39 is 0 Å². The van der Waals surface area contributed by atoms with Gasteiger partial charge in [0.25, 0.3) is 0 Å². The summed E-state index contributed by atoms with van der Waals surface area (Å²) in [4.78, 5) is 19.4. The van der Waals surface area contributed by atoms with Gasteiger partial charge >= 0.3 is 0 Å². The number of benzene rings is 2. The first kappa shape index (κ1) is 19.6. The van der Waals surface area contributed by atoms with Crippen LogP contribution in [0.15, 0.2) is 53.1 Å². The summed E-state index contributed by atoms with van der Waals surface area (Å²) in [5.41, 5.74) is 2.73. The molecular formula is C22H23ClN4O2. The minimum atomic E-state index is 0.00360. The molecule has 1 aliphatic rings. The molecule has 1 fully saturated rings. The van der Waals surface area contributed by atoms with Gasteiger partial charge in [-0.3, -0.25) is 9.69 Å². The topological polar surface area (TPSA) is 71.3 Å². The van der Waals surface area contributed by atoms with E-state index in [1.54, 1.807) is 6.07 Å². The molecule has 2 aromatic carbocycles. The smallest absolute Gasteiger partial charge is 0.241 e. The number of likely N-dealkylation sites (tertiary alicyclic amines) is 1. The molecule has 29 heavy (non-hydrogen) atoms. The van der Waals surface area contributed by atoms with Gasteiger partial charge in [-0.25, -0.2) is 0 Å².